The maximum atomic E-state index is 5.37. The normalized spacial score (nSPS) is 23.5. The van der Waals surface area contributed by atoms with Crippen molar-refractivity contribution in [2.45, 2.75) is 50.5 Å². The molecule has 0 radical (unpaired) electrons. The summed E-state index contributed by atoms with van der Waals surface area (Å²) in [5.41, 5.74) is 5.56. The van der Waals surface area contributed by atoms with Crippen molar-refractivity contribution in [3.05, 3.63) is 64.7 Å². The zero-order chi connectivity index (χ0) is 21.0. The third-order valence-electron chi connectivity index (χ3n) is 7.35. The molecule has 3 heteroatoms. The van der Waals surface area contributed by atoms with Gasteiger partial charge in [0.2, 0.25) is 0 Å². The Hall–Kier alpha value is -2.28. The van der Waals surface area contributed by atoms with Crippen molar-refractivity contribution in [3.63, 3.8) is 0 Å². The Kier molecular flexibility index (Phi) is 6.30. The quantitative estimate of drug-likeness (QED) is 0.639. The maximum Gasteiger partial charge on any atom is 0.118 e. The molecule has 0 saturated carbocycles. The highest BCUT2D eigenvalue weighted by Gasteiger charge is 2.36. The molecule has 162 valence electrons. The molecule has 2 aromatic carbocycles. The fraction of sp³-hybridized carbons (Fsp3) is 0.500. The van der Waals surface area contributed by atoms with E-state index in [1.807, 2.05) is 0 Å². The molecule has 3 aliphatic heterocycles. The molecule has 0 spiro atoms. The summed E-state index contributed by atoms with van der Waals surface area (Å²) in [5, 5.41) is 0. The molecule has 0 N–H and O–H groups in total. The van der Waals surface area contributed by atoms with Crippen molar-refractivity contribution in [2.24, 2.45) is 0 Å². The first-order valence-corrected chi connectivity index (χ1v) is 12.0. The molecule has 2 atom stereocenters. The van der Waals surface area contributed by atoms with Crippen molar-refractivity contribution in [1.29, 1.82) is 0 Å². The van der Waals surface area contributed by atoms with Gasteiger partial charge in [0, 0.05) is 37.0 Å². The number of hydrogen-bond acceptors (Lipinski definition) is 3. The van der Waals surface area contributed by atoms with E-state index in [0.29, 0.717) is 12.0 Å². The second-order valence-electron chi connectivity index (χ2n) is 9.28. The summed E-state index contributed by atoms with van der Waals surface area (Å²) in [7, 11) is 1.73. The minimum absolute atomic E-state index is 0.427. The summed E-state index contributed by atoms with van der Waals surface area (Å²) in [4.78, 5) is 5.26. The number of ether oxygens (including phenoxy) is 1. The lowest BCUT2D eigenvalue weighted by Gasteiger charge is -2.37. The van der Waals surface area contributed by atoms with Gasteiger partial charge in [-0.05, 0) is 86.3 Å². The summed E-state index contributed by atoms with van der Waals surface area (Å²) >= 11 is 0. The number of piperidine rings is 1. The SMILES string of the molecule is COc1ccc([C@H]2CN3CCC[C@H]3c3cc(C#CCCN4CCCCC4)ccc32)cc1. The van der Waals surface area contributed by atoms with E-state index >= 15 is 0 Å². The number of benzene rings is 2. The van der Waals surface area contributed by atoms with E-state index < -0.39 is 0 Å². The van der Waals surface area contributed by atoms with Crippen molar-refractivity contribution in [2.75, 3.05) is 39.8 Å². The fourth-order valence-electron chi connectivity index (χ4n) is 5.67. The molecular weight excluding hydrogens is 380 g/mol. The average Bonchev–Trinajstić information content (AvgIpc) is 3.31. The Morgan fingerprint density at radius 2 is 1.77 bits per heavy atom. The van der Waals surface area contributed by atoms with Crippen molar-refractivity contribution < 1.29 is 4.74 Å². The van der Waals surface area contributed by atoms with Gasteiger partial charge in [-0.3, -0.25) is 4.90 Å². The second-order valence-corrected chi connectivity index (χ2v) is 9.28. The largest absolute Gasteiger partial charge is 0.497 e. The highest BCUT2D eigenvalue weighted by molar-refractivity contribution is 5.49. The number of nitrogens with zero attached hydrogens (tertiary/aromatic N) is 2. The van der Waals surface area contributed by atoms with E-state index in [0.717, 1.165) is 25.3 Å². The van der Waals surface area contributed by atoms with Gasteiger partial charge in [0.1, 0.15) is 5.75 Å². The molecule has 31 heavy (non-hydrogen) atoms. The van der Waals surface area contributed by atoms with Crippen molar-refractivity contribution in [1.82, 2.24) is 9.80 Å². The summed E-state index contributed by atoms with van der Waals surface area (Å²) in [6.45, 7) is 5.96. The Labute approximate surface area is 187 Å². The highest BCUT2D eigenvalue weighted by atomic mass is 16.5. The molecule has 0 unspecified atom stereocenters. The monoisotopic (exact) mass is 414 g/mol. The number of likely N-dealkylation sites (tertiary alicyclic amines) is 1. The lowest BCUT2D eigenvalue weighted by atomic mass is 9.81. The van der Waals surface area contributed by atoms with Crippen LogP contribution in [0.4, 0.5) is 0 Å². The Balaban J connectivity index is 1.36. The first-order chi connectivity index (χ1) is 15.3. The minimum atomic E-state index is 0.427. The third-order valence-corrected chi connectivity index (χ3v) is 7.35. The number of hydrogen-bond donors (Lipinski definition) is 0. The topological polar surface area (TPSA) is 15.7 Å². The standard InChI is InChI=1S/C28H34N2O/c1-31-24-13-11-23(12-14-24)27-21-30-19-7-9-28(30)26-20-22(10-15-25(26)27)8-3-6-18-29-16-4-2-5-17-29/h10-15,20,27-28H,2,4-7,9,16-19,21H2,1H3/t27-,28+/m1/s1. The molecule has 2 fully saturated rings. The minimum Gasteiger partial charge on any atom is -0.497 e. The van der Waals surface area contributed by atoms with E-state index in [1.165, 1.54) is 74.0 Å². The van der Waals surface area contributed by atoms with Gasteiger partial charge in [0.15, 0.2) is 0 Å². The Morgan fingerprint density at radius 3 is 2.58 bits per heavy atom. The van der Waals surface area contributed by atoms with Gasteiger partial charge < -0.3 is 9.64 Å². The Morgan fingerprint density at radius 1 is 0.935 bits per heavy atom. The molecule has 3 heterocycles. The van der Waals surface area contributed by atoms with Gasteiger partial charge in [-0.2, -0.15) is 0 Å². The van der Waals surface area contributed by atoms with Crippen LogP contribution < -0.4 is 4.74 Å². The summed E-state index contributed by atoms with van der Waals surface area (Å²) < 4.78 is 5.37. The molecule has 0 aromatic heterocycles. The maximum absolute atomic E-state index is 5.37. The van der Waals surface area contributed by atoms with Gasteiger partial charge >= 0.3 is 0 Å². The molecule has 5 rings (SSSR count). The van der Waals surface area contributed by atoms with E-state index in [4.69, 9.17) is 4.74 Å². The van der Waals surface area contributed by atoms with Gasteiger partial charge in [-0.25, -0.2) is 0 Å². The van der Waals surface area contributed by atoms with Crippen LogP contribution in [0.3, 0.4) is 0 Å². The first kappa shape index (κ1) is 20.6. The number of fused-ring (bicyclic) bond motifs is 3. The predicted molar refractivity (Wildman–Crippen MR) is 127 cm³/mol. The van der Waals surface area contributed by atoms with Crippen LogP contribution in [0.15, 0.2) is 42.5 Å². The van der Waals surface area contributed by atoms with Crippen LogP contribution in [0.25, 0.3) is 0 Å². The van der Waals surface area contributed by atoms with Gasteiger partial charge in [-0.15, -0.1) is 0 Å². The van der Waals surface area contributed by atoms with Gasteiger partial charge in [0.05, 0.1) is 7.11 Å². The average molecular weight is 415 g/mol. The molecule has 0 amide bonds. The fourth-order valence-corrected chi connectivity index (χ4v) is 5.67. The van der Waals surface area contributed by atoms with Crippen LogP contribution in [0.5, 0.6) is 5.75 Å². The van der Waals surface area contributed by atoms with Crippen LogP contribution in [-0.4, -0.2) is 49.6 Å². The zero-order valence-corrected chi connectivity index (χ0v) is 18.8. The molecule has 0 bridgehead atoms. The van der Waals surface area contributed by atoms with E-state index in [2.05, 4.69) is 64.1 Å². The van der Waals surface area contributed by atoms with Crippen LogP contribution in [-0.2, 0) is 0 Å². The molecule has 3 nitrogen and oxygen atoms in total. The van der Waals surface area contributed by atoms with E-state index in [9.17, 15) is 0 Å². The molecule has 3 aliphatic rings. The first-order valence-electron chi connectivity index (χ1n) is 12.0. The number of methoxy groups -OCH3 is 1. The Bertz CT molecular complexity index is 949. The van der Waals surface area contributed by atoms with E-state index in [1.54, 1.807) is 7.11 Å². The zero-order valence-electron chi connectivity index (χ0n) is 18.8. The third kappa shape index (κ3) is 4.52. The summed E-state index contributed by atoms with van der Waals surface area (Å²) in [5.74, 6) is 8.28. The van der Waals surface area contributed by atoms with Gasteiger partial charge in [0.25, 0.3) is 0 Å². The summed E-state index contributed by atoms with van der Waals surface area (Å²) in [6.07, 6.45) is 7.64. The van der Waals surface area contributed by atoms with Crippen LogP contribution >= 0.6 is 0 Å². The smallest absolute Gasteiger partial charge is 0.118 e. The van der Waals surface area contributed by atoms with E-state index in [-0.39, 0.29) is 0 Å². The van der Waals surface area contributed by atoms with Crippen molar-refractivity contribution >= 4 is 0 Å². The lowest BCUT2D eigenvalue weighted by Crippen LogP contribution is -2.34. The van der Waals surface area contributed by atoms with Gasteiger partial charge in [-0.1, -0.05) is 36.5 Å². The van der Waals surface area contributed by atoms with Crippen LogP contribution in [0.2, 0.25) is 0 Å². The summed E-state index contributed by atoms with van der Waals surface area (Å²) in [6, 6.07) is 16.2. The number of rotatable bonds is 4. The van der Waals surface area contributed by atoms with Crippen molar-refractivity contribution in [3.8, 4) is 17.6 Å². The molecule has 0 aliphatic carbocycles. The molecule has 2 aromatic rings. The van der Waals surface area contributed by atoms with Crippen LogP contribution in [0.1, 0.15) is 72.7 Å². The lowest BCUT2D eigenvalue weighted by molar-refractivity contribution is 0.230. The molecular formula is C28H34N2O. The molecule has 2 saturated heterocycles. The predicted octanol–water partition coefficient (Wildman–Crippen LogP) is 5.21. The van der Waals surface area contributed by atoms with Crippen LogP contribution in [0, 0.1) is 11.8 Å². The highest BCUT2D eigenvalue weighted by Crippen LogP contribution is 2.44. The second kappa shape index (κ2) is 9.47.